The lowest BCUT2D eigenvalue weighted by Gasteiger charge is -2.10. The summed E-state index contributed by atoms with van der Waals surface area (Å²) >= 11 is 7.23. The molecular weight excluding hydrogens is 396 g/mol. The van der Waals surface area contributed by atoms with Crippen molar-refractivity contribution in [2.45, 2.75) is 32.5 Å². The van der Waals surface area contributed by atoms with E-state index >= 15 is 0 Å². The molecule has 146 valence electrons. The van der Waals surface area contributed by atoms with Gasteiger partial charge < -0.3 is 10.1 Å². The molecule has 0 aliphatic carbocycles. The Balaban J connectivity index is 1.52. The van der Waals surface area contributed by atoms with Gasteiger partial charge in [-0.15, -0.1) is 5.10 Å². The van der Waals surface area contributed by atoms with Crippen molar-refractivity contribution in [2.75, 3.05) is 11.1 Å². The van der Waals surface area contributed by atoms with Gasteiger partial charge in [0.1, 0.15) is 12.4 Å². The van der Waals surface area contributed by atoms with Crippen molar-refractivity contribution in [3.05, 3.63) is 63.9 Å². The first-order valence-electron chi connectivity index (χ1n) is 8.71. The van der Waals surface area contributed by atoms with Crippen molar-refractivity contribution in [1.82, 2.24) is 15.2 Å². The maximum absolute atomic E-state index is 12.2. The van der Waals surface area contributed by atoms with Crippen LogP contribution in [-0.2, 0) is 11.4 Å². The molecule has 0 saturated carbocycles. The fraction of sp³-hybridized carbons (Fsp3) is 0.250. The summed E-state index contributed by atoms with van der Waals surface area (Å²) in [4.78, 5) is 16.5. The number of aromatic nitrogens is 3. The number of carbonyl (C=O) groups excluding carboxylic acids is 1. The third-order valence-electron chi connectivity index (χ3n) is 4.08. The molecule has 3 aromatic rings. The average Bonchev–Trinajstić information content (AvgIpc) is 3.10. The van der Waals surface area contributed by atoms with E-state index in [1.165, 1.54) is 11.8 Å². The molecule has 6 nitrogen and oxygen atoms in total. The maximum Gasteiger partial charge on any atom is 0.234 e. The number of H-pyrrole nitrogens is 1. The van der Waals surface area contributed by atoms with Crippen molar-refractivity contribution in [3.63, 3.8) is 0 Å². The van der Waals surface area contributed by atoms with E-state index in [9.17, 15) is 4.79 Å². The monoisotopic (exact) mass is 416 g/mol. The summed E-state index contributed by atoms with van der Waals surface area (Å²) in [6.45, 7) is 6.21. The Labute approximate surface area is 173 Å². The lowest BCUT2D eigenvalue weighted by molar-refractivity contribution is -0.113. The fourth-order valence-corrected chi connectivity index (χ4v) is 3.41. The Morgan fingerprint density at radius 2 is 1.93 bits per heavy atom. The molecule has 8 heteroatoms. The Kier molecular flexibility index (Phi) is 6.59. The van der Waals surface area contributed by atoms with Crippen LogP contribution in [0, 0.1) is 20.8 Å². The summed E-state index contributed by atoms with van der Waals surface area (Å²) in [5, 5.41) is 10.9. The number of carbonyl (C=O) groups is 1. The number of halogens is 1. The molecular formula is C20H21ClN4O2S. The Morgan fingerprint density at radius 1 is 1.18 bits per heavy atom. The zero-order valence-corrected chi connectivity index (χ0v) is 17.4. The molecule has 0 saturated heterocycles. The molecule has 0 fully saturated rings. The lowest BCUT2D eigenvalue weighted by atomic mass is 10.1. The van der Waals surface area contributed by atoms with Crippen LogP contribution in [0.3, 0.4) is 0 Å². The van der Waals surface area contributed by atoms with Crippen LogP contribution >= 0.6 is 23.4 Å². The van der Waals surface area contributed by atoms with Gasteiger partial charge in [0.15, 0.2) is 5.82 Å². The fourth-order valence-electron chi connectivity index (χ4n) is 2.62. The van der Waals surface area contributed by atoms with Gasteiger partial charge in [-0.1, -0.05) is 47.6 Å². The molecule has 0 spiro atoms. The largest absolute Gasteiger partial charge is 0.485 e. The Hall–Kier alpha value is -2.51. The SMILES string of the molecule is Cc1ccc(Cl)cc1NC(=O)CSc1n[nH]c(COc2c(C)cccc2C)n1. The van der Waals surface area contributed by atoms with Crippen LogP contribution in [0.2, 0.25) is 5.02 Å². The minimum Gasteiger partial charge on any atom is -0.485 e. The van der Waals surface area contributed by atoms with Gasteiger partial charge in [0, 0.05) is 10.7 Å². The van der Waals surface area contributed by atoms with Crippen LogP contribution in [-0.4, -0.2) is 26.8 Å². The van der Waals surface area contributed by atoms with E-state index in [1.807, 2.05) is 45.0 Å². The standard InChI is InChI=1S/C20H21ClN4O2S/c1-12-7-8-15(21)9-16(12)22-18(26)11-28-20-23-17(24-25-20)10-27-19-13(2)5-4-6-14(19)3/h4-9H,10-11H2,1-3H3,(H,22,26)(H,23,24,25). The molecule has 0 bridgehead atoms. The quantitative estimate of drug-likeness (QED) is 0.546. The van der Waals surface area contributed by atoms with Crippen molar-refractivity contribution < 1.29 is 9.53 Å². The Bertz CT molecular complexity index is 970. The molecule has 28 heavy (non-hydrogen) atoms. The molecule has 0 radical (unpaired) electrons. The molecule has 2 N–H and O–H groups in total. The third-order valence-corrected chi connectivity index (χ3v) is 5.16. The van der Waals surface area contributed by atoms with Gasteiger partial charge in [-0.05, 0) is 49.6 Å². The molecule has 1 heterocycles. The minimum absolute atomic E-state index is 0.145. The summed E-state index contributed by atoms with van der Waals surface area (Å²) in [7, 11) is 0. The number of para-hydroxylation sites is 1. The molecule has 1 aromatic heterocycles. The highest BCUT2D eigenvalue weighted by atomic mass is 35.5. The number of aryl methyl sites for hydroxylation is 3. The summed E-state index contributed by atoms with van der Waals surface area (Å²) in [6.07, 6.45) is 0. The summed E-state index contributed by atoms with van der Waals surface area (Å²) in [5.74, 6) is 1.51. The minimum atomic E-state index is -0.145. The number of thioether (sulfide) groups is 1. The van der Waals surface area contributed by atoms with Gasteiger partial charge in [0.05, 0.1) is 5.75 Å². The van der Waals surface area contributed by atoms with Crippen LogP contribution in [0.4, 0.5) is 5.69 Å². The summed E-state index contributed by atoms with van der Waals surface area (Å²) < 4.78 is 5.86. The van der Waals surface area contributed by atoms with E-state index < -0.39 is 0 Å². The second kappa shape index (κ2) is 9.12. The second-order valence-electron chi connectivity index (χ2n) is 6.37. The molecule has 0 aliphatic rings. The van der Waals surface area contributed by atoms with Gasteiger partial charge in [-0.25, -0.2) is 4.98 Å². The van der Waals surface area contributed by atoms with Gasteiger partial charge in [-0.2, -0.15) is 0 Å². The highest BCUT2D eigenvalue weighted by Gasteiger charge is 2.11. The number of rotatable bonds is 7. The first-order chi connectivity index (χ1) is 13.4. The smallest absolute Gasteiger partial charge is 0.234 e. The van der Waals surface area contributed by atoms with Crippen LogP contribution in [0.5, 0.6) is 5.75 Å². The summed E-state index contributed by atoms with van der Waals surface area (Å²) in [5.41, 5.74) is 3.80. The number of benzene rings is 2. The lowest BCUT2D eigenvalue weighted by Crippen LogP contribution is -2.15. The van der Waals surface area contributed by atoms with Gasteiger partial charge in [-0.3, -0.25) is 9.89 Å². The highest BCUT2D eigenvalue weighted by molar-refractivity contribution is 7.99. The number of anilines is 1. The number of hydrogen-bond donors (Lipinski definition) is 2. The van der Waals surface area contributed by atoms with Gasteiger partial charge in [0.2, 0.25) is 11.1 Å². The second-order valence-corrected chi connectivity index (χ2v) is 7.75. The van der Waals surface area contributed by atoms with Crippen LogP contribution in [0.25, 0.3) is 0 Å². The van der Waals surface area contributed by atoms with E-state index in [4.69, 9.17) is 16.3 Å². The molecule has 0 unspecified atom stereocenters. The van der Waals surface area contributed by atoms with E-state index in [1.54, 1.807) is 12.1 Å². The predicted molar refractivity (Wildman–Crippen MR) is 112 cm³/mol. The molecule has 0 atom stereocenters. The maximum atomic E-state index is 12.2. The first kappa shape index (κ1) is 20.2. The Morgan fingerprint density at radius 3 is 2.68 bits per heavy atom. The number of nitrogens with zero attached hydrogens (tertiary/aromatic N) is 2. The predicted octanol–water partition coefficient (Wildman–Crippen LogP) is 4.69. The van der Waals surface area contributed by atoms with Crippen LogP contribution in [0.1, 0.15) is 22.5 Å². The number of ether oxygens (including phenoxy) is 1. The third kappa shape index (κ3) is 5.27. The molecule has 0 aliphatic heterocycles. The van der Waals surface area contributed by atoms with E-state index in [0.717, 1.165) is 22.4 Å². The highest BCUT2D eigenvalue weighted by Crippen LogP contribution is 2.24. The van der Waals surface area contributed by atoms with Crippen molar-refractivity contribution in [1.29, 1.82) is 0 Å². The van der Waals surface area contributed by atoms with E-state index in [-0.39, 0.29) is 18.3 Å². The van der Waals surface area contributed by atoms with Gasteiger partial charge >= 0.3 is 0 Å². The molecule has 1 amide bonds. The number of aromatic amines is 1. The number of hydrogen-bond acceptors (Lipinski definition) is 5. The number of nitrogens with one attached hydrogen (secondary N) is 2. The molecule has 2 aromatic carbocycles. The normalized spacial score (nSPS) is 10.7. The average molecular weight is 417 g/mol. The summed E-state index contributed by atoms with van der Waals surface area (Å²) in [6, 6.07) is 11.4. The van der Waals surface area contributed by atoms with Crippen LogP contribution in [0.15, 0.2) is 41.6 Å². The van der Waals surface area contributed by atoms with Crippen molar-refractivity contribution in [2.24, 2.45) is 0 Å². The molecule has 3 rings (SSSR count). The zero-order valence-electron chi connectivity index (χ0n) is 15.9. The van der Waals surface area contributed by atoms with Gasteiger partial charge in [0.25, 0.3) is 0 Å². The van der Waals surface area contributed by atoms with E-state index in [2.05, 4.69) is 20.5 Å². The van der Waals surface area contributed by atoms with Crippen molar-refractivity contribution >= 4 is 35.0 Å². The number of amides is 1. The zero-order chi connectivity index (χ0) is 20.1. The topological polar surface area (TPSA) is 79.9 Å². The van der Waals surface area contributed by atoms with Crippen LogP contribution < -0.4 is 10.1 Å². The van der Waals surface area contributed by atoms with E-state index in [0.29, 0.717) is 21.7 Å². The first-order valence-corrected chi connectivity index (χ1v) is 10.1. The van der Waals surface area contributed by atoms with Crippen molar-refractivity contribution in [3.8, 4) is 5.75 Å².